The summed E-state index contributed by atoms with van der Waals surface area (Å²) in [5, 5.41) is 154. The first kappa shape index (κ1) is 41.5. The third kappa shape index (κ3) is 7.39. The zero-order valence-corrected chi connectivity index (χ0v) is 28.6. The van der Waals surface area contributed by atoms with Crippen LogP contribution in [0.3, 0.4) is 0 Å². The fraction of sp³-hybridized carbons (Fsp3) is 0.545. The Labute approximate surface area is 312 Å². The number of ether oxygens (including phenoxy) is 6. The minimum Gasteiger partial charge on any atom is -0.507 e. The van der Waals surface area contributed by atoms with Crippen LogP contribution in [0.5, 0.6) is 34.5 Å². The molecule has 3 aliphatic rings. The Kier molecular flexibility index (Phi) is 12.1. The Morgan fingerprint density at radius 1 is 0.536 bits per heavy atom. The summed E-state index contributed by atoms with van der Waals surface area (Å²) >= 11 is 0. The van der Waals surface area contributed by atoms with E-state index in [0.29, 0.717) is 6.07 Å². The summed E-state index contributed by atoms with van der Waals surface area (Å²) in [6, 6.07) is 3.50. The molecule has 15 N–H and O–H groups in total. The van der Waals surface area contributed by atoms with Gasteiger partial charge in [-0.2, -0.15) is 0 Å². The molecular formula is C33H40O23. The van der Waals surface area contributed by atoms with Crippen LogP contribution in [0.1, 0.15) is 0 Å². The standard InChI is InChI=1S/C33H40O23/c34-5-13-17(41)21(45)24(48)31(50-13)54-27-12(40)4-11(39)16-20(44)29(26(53-28(16)27)8-1-2-9(37)10(38)3-8)55-33-30(23(47)19(43)15(7-36)52-33)56-32-25(49)22(46)18(42)14(6-35)51-32/h1-4,13-15,17-19,21-25,30-43,45-49H,5-7H2/t13-,14+,15+,17-,18+,19+,21+,22-,23-,24-,25+,30+,31+,32-,33-/m1/s1. The van der Waals surface area contributed by atoms with Crippen molar-refractivity contribution in [3.8, 4) is 45.8 Å². The zero-order valence-electron chi connectivity index (χ0n) is 28.6. The average Bonchev–Trinajstić information content (AvgIpc) is 3.17. The second-order valence-electron chi connectivity index (χ2n) is 13.2. The summed E-state index contributed by atoms with van der Waals surface area (Å²) in [5.41, 5.74) is -2.42. The van der Waals surface area contributed by atoms with Crippen molar-refractivity contribution in [1.29, 1.82) is 0 Å². The maximum absolute atomic E-state index is 14.4. The molecule has 0 amide bonds. The second-order valence-corrected chi connectivity index (χ2v) is 13.2. The summed E-state index contributed by atoms with van der Waals surface area (Å²) in [6.45, 7) is -2.72. The van der Waals surface area contributed by atoms with Gasteiger partial charge in [0.15, 0.2) is 41.0 Å². The van der Waals surface area contributed by atoms with Crippen LogP contribution in [0.25, 0.3) is 22.3 Å². The second kappa shape index (κ2) is 16.4. The van der Waals surface area contributed by atoms with Gasteiger partial charge in [-0.05, 0) is 18.2 Å². The van der Waals surface area contributed by atoms with Gasteiger partial charge in [0.25, 0.3) is 0 Å². The highest BCUT2D eigenvalue weighted by atomic mass is 16.8. The molecule has 0 bridgehead atoms. The molecule has 23 nitrogen and oxygen atoms in total. The highest BCUT2D eigenvalue weighted by Gasteiger charge is 2.52. The van der Waals surface area contributed by atoms with Gasteiger partial charge in [-0.1, -0.05) is 0 Å². The Morgan fingerprint density at radius 2 is 1.05 bits per heavy atom. The maximum Gasteiger partial charge on any atom is 0.239 e. The summed E-state index contributed by atoms with van der Waals surface area (Å²) in [4.78, 5) is 14.4. The van der Waals surface area contributed by atoms with Gasteiger partial charge < -0.3 is 109 Å². The number of phenols is 4. The van der Waals surface area contributed by atoms with E-state index in [1.165, 1.54) is 0 Å². The molecular weight excluding hydrogens is 764 g/mol. The van der Waals surface area contributed by atoms with Gasteiger partial charge in [-0.15, -0.1) is 0 Å². The lowest BCUT2D eigenvalue weighted by Gasteiger charge is -2.45. The topological polar surface area (TPSA) is 389 Å². The largest absolute Gasteiger partial charge is 0.507 e. The lowest BCUT2D eigenvalue weighted by atomic mass is 9.97. The fourth-order valence-electron chi connectivity index (χ4n) is 6.40. The van der Waals surface area contributed by atoms with Crippen molar-refractivity contribution in [2.75, 3.05) is 19.8 Å². The number of aliphatic hydroxyl groups excluding tert-OH is 11. The predicted molar refractivity (Wildman–Crippen MR) is 176 cm³/mol. The Balaban J connectivity index is 1.49. The van der Waals surface area contributed by atoms with E-state index >= 15 is 0 Å². The number of hydrogen-bond donors (Lipinski definition) is 15. The van der Waals surface area contributed by atoms with E-state index in [4.69, 9.17) is 32.8 Å². The fourth-order valence-corrected chi connectivity index (χ4v) is 6.40. The minimum atomic E-state index is -2.12. The van der Waals surface area contributed by atoms with E-state index in [9.17, 15) is 81.4 Å². The molecule has 4 heterocycles. The first-order valence-electron chi connectivity index (χ1n) is 16.8. The van der Waals surface area contributed by atoms with E-state index in [0.717, 1.165) is 18.2 Å². The van der Waals surface area contributed by atoms with Gasteiger partial charge in [-0.25, -0.2) is 0 Å². The molecule has 23 heteroatoms. The molecule has 0 unspecified atom stereocenters. The molecule has 2 aromatic carbocycles. The van der Waals surface area contributed by atoms with Crippen LogP contribution in [-0.2, 0) is 18.9 Å². The van der Waals surface area contributed by atoms with Gasteiger partial charge in [0, 0.05) is 11.6 Å². The highest BCUT2D eigenvalue weighted by molar-refractivity contribution is 5.93. The number of rotatable bonds is 10. The normalized spacial score (nSPS) is 36.4. The number of fused-ring (bicyclic) bond motifs is 1. The van der Waals surface area contributed by atoms with Gasteiger partial charge in [0.05, 0.1) is 19.8 Å². The zero-order chi connectivity index (χ0) is 40.9. The van der Waals surface area contributed by atoms with E-state index in [2.05, 4.69) is 0 Å². The molecule has 1 aromatic heterocycles. The van der Waals surface area contributed by atoms with Crippen LogP contribution in [-0.4, -0.2) is 189 Å². The van der Waals surface area contributed by atoms with Crippen molar-refractivity contribution in [3.05, 3.63) is 34.5 Å². The smallest absolute Gasteiger partial charge is 0.239 e. The van der Waals surface area contributed by atoms with Crippen molar-refractivity contribution in [2.45, 2.75) is 92.1 Å². The van der Waals surface area contributed by atoms with Gasteiger partial charge in [0.1, 0.15) is 78.3 Å². The number of benzene rings is 2. The first-order valence-corrected chi connectivity index (χ1v) is 16.8. The molecule has 56 heavy (non-hydrogen) atoms. The van der Waals surface area contributed by atoms with Crippen LogP contribution >= 0.6 is 0 Å². The average molecular weight is 805 g/mol. The quantitative estimate of drug-likeness (QED) is 0.0850. The van der Waals surface area contributed by atoms with Crippen molar-refractivity contribution >= 4 is 11.0 Å². The molecule has 3 aromatic rings. The summed E-state index contributed by atoms with van der Waals surface area (Å²) < 4.78 is 39.4. The van der Waals surface area contributed by atoms with Crippen molar-refractivity contribution in [3.63, 3.8) is 0 Å². The van der Waals surface area contributed by atoms with Crippen LogP contribution < -0.4 is 14.9 Å². The molecule has 3 aliphatic heterocycles. The third-order valence-corrected chi connectivity index (χ3v) is 9.56. The van der Waals surface area contributed by atoms with Crippen LogP contribution in [0.2, 0.25) is 0 Å². The van der Waals surface area contributed by atoms with Gasteiger partial charge in [-0.3, -0.25) is 4.79 Å². The van der Waals surface area contributed by atoms with Crippen LogP contribution in [0.15, 0.2) is 33.5 Å². The molecule has 3 fully saturated rings. The molecule has 0 radical (unpaired) electrons. The molecule has 0 spiro atoms. The number of aliphatic hydroxyl groups is 11. The minimum absolute atomic E-state index is 0.280. The Hall–Kier alpha value is -4.15. The summed E-state index contributed by atoms with van der Waals surface area (Å²) in [6.07, 6.45) is -28.4. The SMILES string of the molecule is O=c1c(O[C@H]2O[C@@H](CO)[C@H](O)[C@@H](O)[C@@H]2O[C@H]2O[C@@H](CO)[C@H](O)[C@@H](O)[C@@H]2O)c(-c2ccc(O)c(O)c2)oc2c(O[C@@H]3O[C@H](CO)[C@@H](O)[C@H](O)[C@H]3O)c(O)cc(O)c12. The van der Waals surface area contributed by atoms with E-state index in [1.807, 2.05) is 0 Å². The van der Waals surface area contributed by atoms with Crippen molar-refractivity contribution in [1.82, 2.24) is 0 Å². The lowest BCUT2D eigenvalue weighted by molar-refractivity contribution is -0.358. The Morgan fingerprint density at radius 3 is 1.62 bits per heavy atom. The van der Waals surface area contributed by atoms with Crippen LogP contribution in [0.4, 0.5) is 0 Å². The van der Waals surface area contributed by atoms with Crippen LogP contribution in [0, 0.1) is 0 Å². The maximum atomic E-state index is 14.4. The predicted octanol–water partition coefficient (Wildman–Crippen LogP) is -5.54. The van der Waals surface area contributed by atoms with Crippen molar-refractivity contribution < 1.29 is 109 Å². The monoisotopic (exact) mass is 804 g/mol. The first-order chi connectivity index (χ1) is 26.5. The lowest BCUT2D eigenvalue weighted by Crippen LogP contribution is -2.65. The van der Waals surface area contributed by atoms with E-state index < -0.39 is 169 Å². The highest BCUT2D eigenvalue weighted by Crippen LogP contribution is 2.45. The Bertz CT molecular complexity index is 1920. The van der Waals surface area contributed by atoms with Gasteiger partial charge >= 0.3 is 0 Å². The molecule has 6 rings (SSSR count). The molecule has 310 valence electrons. The number of hydrogen-bond acceptors (Lipinski definition) is 23. The number of phenolic OH excluding ortho intramolecular Hbond substituents is 4. The summed E-state index contributed by atoms with van der Waals surface area (Å²) in [7, 11) is 0. The number of aromatic hydroxyl groups is 4. The molecule has 3 saturated heterocycles. The van der Waals surface area contributed by atoms with Crippen molar-refractivity contribution in [2.24, 2.45) is 0 Å². The van der Waals surface area contributed by atoms with Gasteiger partial charge in [0.2, 0.25) is 29.5 Å². The van der Waals surface area contributed by atoms with E-state index in [-0.39, 0.29) is 5.56 Å². The third-order valence-electron chi connectivity index (χ3n) is 9.56. The van der Waals surface area contributed by atoms with E-state index in [1.54, 1.807) is 0 Å². The molecule has 0 saturated carbocycles. The summed E-state index contributed by atoms with van der Waals surface area (Å²) in [5.74, 6) is -5.84. The molecule has 15 atom stereocenters. The molecule has 0 aliphatic carbocycles.